The molecule has 2 aromatic rings. The standard InChI is InChI=1S/C19H26N6O2/c1-13-12-27-16-11-21-19(23-18(16)24(13)2)22-14-5-8-25(9-6-14)15-4-7-20-17(10-15)26-3/h4,7,10-11,13-14H,5-6,8-9,12H2,1-3H3,(H,21,22,23). The van der Waals surface area contributed by atoms with Gasteiger partial charge in [-0.15, -0.1) is 0 Å². The van der Waals surface area contributed by atoms with E-state index in [4.69, 9.17) is 9.47 Å². The van der Waals surface area contributed by atoms with Crippen molar-refractivity contribution in [3.63, 3.8) is 0 Å². The minimum Gasteiger partial charge on any atom is -0.486 e. The minimum absolute atomic E-state index is 0.306. The zero-order chi connectivity index (χ0) is 18.8. The van der Waals surface area contributed by atoms with Crippen LogP contribution in [-0.4, -0.2) is 60.9 Å². The van der Waals surface area contributed by atoms with E-state index in [0.29, 0.717) is 30.5 Å². The molecule has 0 aromatic carbocycles. The van der Waals surface area contributed by atoms with Crippen molar-refractivity contribution in [2.75, 3.05) is 49.0 Å². The van der Waals surface area contributed by atoms with E-state index < -0.39 is 0 Å². The van der Waals surface area contributed by atoms with Crippen LogP contribution in [0.3, 0.4) is 0 Å². The average molecular weight is 370 g/mol. The topological polar surface area (TPSA) is 75.6 Å². The smallest absolute Gasteiger partial charge is 0.225 e. The Bertz CT molecular complexity index is 794. The van der Waals surface area contributed by atoms with Crippen LogP contribution in [0, 0.1) is 0 Å². The Balaban J connectivity index is 1.38. The van der Waals surface area contributed by atoms with Crippen molar-refractivity contribution in [2.24, 2.45) is 0 Å². The third kappa shape index (κ3) is 3.70. The lowest BCUT2D eigenvalue weighted by atomic mass is 10.0. The molecule has 2 aromatic heterocycles. The summed E-state index contributed by atoms with van der Waals surface area (Å²) in [4.78, 5) is 17.8. The second kappa shape index (κ2) is 7.46. The zero-order valence-corrected chi connectivity index (χ0v) is 16.1. The lowest BCUT2D eigenvalue weighted by Gasteiger charge is -2.35. The van der Waals surface area contributed by atoms with Crippen LogP contribution in [0.5, 0.6) is 11.6 Å². The molecule has 0 spiro atoms. The quantitative estimate of drug-likeness (QED) is 0.878. The van der Waals surface area contributed by atoms with Crippen molar-refractivity contribution in [3.8, 4) is 11.6 Å². The molecule has 0 amide bonds. The molecule has 1 atom stereocenters. The van der Waals surface area contributed by atoms with Gasteiger partial charge in [0.25, 0.3) is 0 Å². The van der Waals surface area contributed by atoms with Gasteiger partial charge in [-0.2, -0.15) is 4.98 Å². The summed E-state index contributed by atoms with van der Waals surface area (Å²) < 4.78 is 10.9. The van der Waals surface area contributed by atoms with Crippen molar-refractivity contribution in [2.45, 2.75) is 31.8 Å². The second-order valence-electron chi connectivity index (χ2n) is 7.11. The number of fused-ring (bicyclic) bond motifs is 1. The number of nitrogens with zero attached hydrogens (tertiary/aromatic N) is 5. The monoisotopic (exact) mass is 370 g/mol. The normalized spacial score (nSPS) is 20.0. The highest BCUT2D eigenvalue weighted by Crippen LogP contribution is 2.31. The van der Waals surface area contributed by atoms with Gasteiger partial charge in [0.1, 0.15) is 6.61 Å². The van der Waals surface area contributed by atoms with Crippen LogP contribution in [0.25, 0.3) is 0 Å². The molecule has 8 heteroatoms. The van der Waals surface area contributed by atoms with Gasteiger partial charge in [-0.3, -0.25) is 0 Å². The highest BCUT2D eigenvalue weighted by molar-refractivity contribution is 5.56. The molecule has 8 nitrogen and oxygen atoms in total. The van der Waals surface area contributed by atoms with Crippen molar-refractivity contribution < 1.29 is 9.47 Å². The molecule has 27 heavy (non-hydrogen) atoms. The van der Waals surface area contributed by atoms with Crippen LogP contribution in [0.2, 0.25) is 0 Å². The van der Waals surface area contributed by atoms with E-state index in [1.54, 1.807) is 19.5 Å². The zero-order valence-electron chi connectivity index (χ0n) is 16.1. The van der Waals surface area contributed by atoms with Gasteiger partial charge < -0.3 is 24.6 Å². The third-order valence-electron chi connectivity index (χ3n) is 5.33. The molecule has 0 bridgehead atoms. The molecule has 2 aliphatic heterocycles. The van der Waals surface area contributed by atoms with E-state index in [1.807, 2.05) is 19.2 Å². The van der Waals surface area contributed by atoms with E-state index in [2.05, 4.69) is 37.0 Å². The van der Waals surface area contributed by atoms with E-state index in [-0.39, 0.29) is 0 Å². The molecule has 1 fully saturated rings. The first-order valence-corrected chi connectivity index (χ1v) is 9.38. The number of ether oxygens (including phenoxy) is 2. The fraction of sp³-hybridized carbons (Fsp3) is 0.526. The van der Waals surface area contributed by atoms with Gasteiger partial charge in [-0.25, -0.2) is 9.97 Å². The SMILES string of the molecule is COc1cc(N2CCC(Nc3ncc4c(n3)N(C)C(C)CO4)CC2)ccn1. The molecule has 1 unspecified atom stereocenters. The third-order valence-corrected chi connectivity index (χ3v) is 5.33. The first-order valence-electron chi connectivity index (χ1n) is 9.38. The van der Waals surface area contributed by atoms with Crippen molar-refractivity contribution in [3.05, 3.63) is 24.5 Å². The average Bonchev–Trinajstić information content (AvgIpc) is 2.72. The van der Waals surface area contributed by atoms with Crippen LogP contribution in [0.4, 0.5) is 17.5 Å². The number of hydrogen-bond donors (Lipinski definition) is 1. The van der Waals surface area contributed by atoms with Crippen LogP contribution in [0.15, 0.2) is 24.5 Å². The van der Waals surface area contributed by atoms with E-state index in [1.165, 1.54) is 0 Å². The minimum atomic E-state index is 0.306. The van der Waals surface area contributed by atoms with Crippen LogP contribution >= 0.6 is 0 Å². The van der Waals surface area contributed by atoms with Gasteiger partial charge in [0.2, 0.25) is 11.8 Å². The Morgan fingerprint density at radius 3 is 2.85 bits per heavy atom. The number of nitrogens with one attached hydrogen (secondary N) is 1. The van der Waals surface area contributed by atoms with E-state index in [0.717, 1.165) is 43.2 Å². The predicted octanol–water partition coefficient (Wildman–Crippen LogP) is 2.18. The van der Waals surface area contributed by atoms with Gasteiger partial charge >= 0.3 is 0 Å². The Hall–Kier alpha value is -2.77. The number of piperidine rings is 1. The second-order valence-corrected chi connectivity index (χ2v) is 7.11. The van der Waals surface area contributed by atoms with Crippen molar-refractivity contribution >= 4 is 17.5 Å². The summed E-state index contributed by atoms with van der Waals surface area (Å²) in [6.45, 7) is 4.73. The molecule has 2 aliphatic rings. The Labute approximate surface area is 159 Å². The number of pyridine rings is 1. The summed E-state index contributed by atoms with van der Waals surface area (Å²) in [7, 11) is 3.69. The van der Waals surface area contributed by atoms with Crippen LogP contribution < -0.4 is 24.6 Å². The Morgan fingerprint density at radius 2 is 2.07 bits per heavy atom. The molecule has 1 saturated heterocycles. The summed E-state index contributed by atoms with van der Waals surface area (Å²) in [6, 6.07) is 4.67. The van der Waals surface area contributed by atoms with Crippen molar-refractivity contribution in [1.29, 1.82) is 0 Å². The molecule has 0 radical (unpaired) electrons. The number of likely N-dealkylation sites (N-methyl/N-ethyl adjacent to an activating group) is 1. The molecular weight excluding hydrogens is 344 g/mol. The first kappa shape index (κ1) is 17.6. The summed E-state index contributed by atoms with van der Waals surface area (Å²) in [6.07, 6.45) is 5.60. The fourth-order valence-electron chi connectivity index (χ4n) is 3.49. The first-order chi connectivity index (χ1) is 13.1. The summed E-state index contributed by atoms with van der Waals surface area (Å²) in [5, 5.41) is 3.49. The lowest BCUT2D eigenvalue weighted by Crippen LogP contribution is -2.40. The fourth-order valence-corrected chi connectivity index (χ4v) is 3.49. The number of aromatic nitrogens is 3. The summed E-state index contributed by atoms with van der Waals surface area (Å²) in [5.74, 6) is 2.92. The van der Waals surface area contributed by atoms with Gasteiger partial charge in [0, 0.05) is 44.1 Å². The highest BCUT2D eigenvalue weighted by atomic mass is 16.5. The molecule has 0 aliphatic carbocycles. The highest BCUT2D eigenvalue weighted by Gasteiger charge is 2.25. The molecule has 4 rings (SSSR count). The van der Waals surface area contributed by atoms with Gasteiger partial charge in [0.05, 0.1) is 19.3 Å². The number of methoxy groups -OCH3 is 1. The van der Waals surface area contributed by atoms with Gasteiger partial charge in [0.15, 0.2) is 11.6 Å². The Morgan fingerprint density at radius 1 is 1.26 bits per heavy atom. The largest absolute Gasteiger partial charge is 0.486 e. The van der Waals surface area contributed by atoms with Gasteiger partial charge in [-0.05, 0) is 25.8 Å². The van der Waals surface area contributed by atoms with Gasteiger partial charge in [-0.1, -0.05) is 0 Å². The van der Waals surface area contributed by atoms with E-state index >= 15 is 0 Å². The maximum absolute atomic E-state index is 5.72. The molecule has 0 saturated carbocycles. The molecule has 4 heterocycles. The summed E-state index contributed by atoms with van der Waals surface area (Å²) >= 11 is 0. The number of anilines is 3. The number of hydrogen-bond acceptors (Lipinski definition) is 8. The van der Waals surface area contributed by atoms with Crippen LogP contribution in [-0.2, 0) is 0 Å². The van der Waals surface area contributed by atoms with E-state index in [9.17, 15) is 0 Å². The number of rotatable bonds is 4. The maximum Gasteiger partial charge on any atom is 0.225 e. The Kier molecular flexibility index (Phi) is 4.87. The lowest BCUT2D eigenvalue weighted by molar-refractivity contribution is 0.271. The molecular formula is C19H26N6O2. The van der Waals surface area contributed by atoms with Crippen LogP contribution in [0.1, 0.15) is 19.8 Å². The summed E-state index contributed by atoms with van der Waals surface area (Å²) in [5.41, 5.74) is 1.15. The maximum atomic E-state index is 5.72. The molecule has 1 N–H and O–H groups in total. The molecule has 144 valence electrons. The van der Waals surface area contributed by atoms with Crippen molar-refractivity contribution in [1.82, 2.24) is 15.0 Å². The predicted molar refractivity (Wildman–Crippen MR) is 105 cm³/mol.